The van der Waals surface area contributed by atoms with Crippen molar-refractivity contribution in [3.63, 3.8) is 0 Å². The second kappa shape index (κ2) is 6.15. The maximum absolute atomic E-state index is 10.7. The third-order valence-corrected chi connectivity index (χ3v) is 1.61. The molecule has 5 heteroatoms. The molecule has 0 rings (SSSR count). The fourth-order valence-electron chi connectivity index (χ4n) is 0.580. The molecule has 0 heterocycles. The van der Waals surface area contributed by atoms with E-state index in [1.165, 1.54) is 0 Å². The summed E-state index contributed by atoms with van der Waals surface area (Å²) in [6, 6.07) is -0.783. The Morgan fingerprint density at radius 1 is 1.36 bits per heavy atom. The van der Waals surface area contributed by atoms with Gasteiger partial charge in [0.25, 0.3) is 0 Å². The van der Waals surface area contributed by atoms with E-state index in [2.05, 4.69) is 15.9 Å². The van der Waals surface area contributed by atoms with Crippen LogP contribution in [0.25, 0.3) is 0 Å². The number of nitrogens with two attached hydrogens (primary N) is 1. The van der Waals surface area contributed by atoms with Crippen molar-refractivity contribution in [2.24, 2.45) is 5.73 Å². The summed E-state index contributed by atoms with van der Waals surface area (Å²) in [7, 11) is 0. The molecule has 0 saturated carbocycles. The first kappa shape index (κ1) is 10.4. The lowest BCUT2D eigenvalue weighted by Gasteiger charge is -1.98. The topological polar surface area (TPSA) is 72.2 Å². The number of hydrogen-bond donors (Lipinski definition) is 2. The van der Waals surface area contributed by atoms with E-state index in [-0.39, 0.29) is 5.91 Å². The van der Waals surface area contributed by atoms with Gasteiger partial charge in [-0.05, 0) is 12.8 Å². The van der Waals surface area contributed by atoms with Crippen LogP contribution in [0.4, 0.5) is 4.79 Å². The molecule has 11 heavy (non-hydrogen) atoms. The summed E-state index contributed by atoms with van der Waals surface area (Å²) in [5, 5.41) is 2.86. The van der Waals surface area contributed by atoms with Gasteiger partial charge < -0.3 is 5.73 Å². The van der Waals surface area contributed by atoms with E-state index in [0.29, 0.717) is 6.42 Å². The van der Waals surface area contributed by atoms with Crippen LogP contribution in [0.2, 0.25) is 0 Å². The molecule has 3 amide bonds. The molecule has 0 aromatic heterocycles. The minimum Gasteiger partial charge on any atom is -0.351 e. The van der Waals surface area contributed by atoms with Gasteiger partial charge in [0.05, 0.1) is 0 Å². The number of amides is 3. The average molecular weight is 223 g/mol. The Morgan fingerprint density at radius 2 is 2.00 bits per heavy atom. The van der Waals surface area contributed by atoms with Crippen LogP contribution >= 0.6 is 15.9 Å². The molecule has 0 aromatic rings. The molecule has 0 spiro atoms. The van der Waals surface area contributed by atoms with Gasteiger partial charge in [-0.2, -0.15) is 0 Å². The molecule has 64 valence electrons. The summed E-state index contributed by atoms with van der Waals surface area (Å²) >= 11 is 3.23. The monoisotopic (exact) mass is 222 g/mol. The molecule has 0 saturated heterocycles. The number of carbonyl (C=O) groups is 2. The summed E-state index contributed by atoms with van der Waals surface area (Å²) in [5.74, 6) is -0.307. The Labute approximate surface area is 73.6 Å². The highest BCUT2D eigenvalue weighted by Crippen LogP contribution is 1.97. The summed E-state index contributed by atoms with van der Waals surface area (Å²) in [6.07, 6.45) is 2.05. The van der Waals surface area contributed by atoms with Crippen molar-refractivity contribution < 1.29 is 9.59 Å². The van der Waals surface area contributed by atoms with Gasteiger partial charge in [0, 0.05) is 11.8 Å². The molecule has 4 nitrogen and oxygen atoms in total. The Balaban J connectivity index is 3.30. The normalized spacial score (nSPS) is 9.18. The zero-order valence-electron chi connectivity index (χ0n) is 6.10. The number of nitrogens with one attached hydrogen (secondary N) is 1. The second-order valence-electron chi connectivity index (χ2n) is 2.06. The van der Waals surface area contributed by atoms with Crippen LogP contribution in [-0.2, 0) is 4.79 Å². The predicted octanol–water partition coefficient (Wildman–Crippen LogP) is 0.746. The van der Waals surface area contributed by atoms with Crippen molar-refractivity contribution in [3.8, 4) is 0 Å². The molecule has 0 aliphatic rings. The number of hydrogen-bond acceptors (Lipinski definition) is 2. The molecular weight excluding hydrogens is 212 g/mol. The molecule has 0 bridgehead atoms. The largest absolute Gasteiger partial charge is 0.351 e. The van der Waals surface area contributed by atoms with Gasteiger partial charge in [0.1, 0.15) is 0 Å². The van der Waals surface area contributed by atoms with Crippen molar-refractivity contribution >= 4 is 27.9 Å². The van der Waals surface area contributed by atoms with Gasteiger partial charge in [-0.3, -0.25) is 10.1 Å². The Kier molecular flexibility index (Phi) is 5.83. The first-order chi connectivity index (χ1) is 5.16. The van der Waals surface area contributed by atoms with E-state index in [4.69, 9.17) is 5.73 Å². The number of alkyl halides is 1. The molecule has 0 aromatic carbocycles. The number of carbonyl (C=O) groups excluding carboxylic acids is 2. The number of primary amides is 1. The first-order valence-electron chi connectivity index (χ1n) is 3.32. The van der Waals surface area contributed by atoms with Gasteiger partial charge in [0.2, 0.25) is 5.91 Å². The van der Waals surface area contributed by atoms with Gasteiger partial charge in [-0.15, -0.1) is 0 Å². The zero-order chi connectivity index (χ0) is 8.69. The highest BCUT2D eigenvalue weighted by Gasteiger charge is 2.01. The van der Waals surface area contributed by atoms with Gasteiger partial charge >= 0.3 is 6.03 Å². The van der Waals surface area contributed by atoms with Crippen LogP contribution in [0, 0.1) is 0 Å². The summed E-state index contributed by atoms with van der Waals surface area (Å²) in [5.41, 5.74) is 4.72. The van der Waals surface area contributed by atoms with Crippen molar-refractivity contribution in [1.29, 1.82) is 0 Å². The average Bonchev–Trinajstić information content (AvgIpc) is 1.86. The summed E-state index contributed by atoms with van der Waals surface area (Å²) in [4.78, 5) is 20.8. The van der Waals surface area contributed by atoms with Gasteiger partial charge in [-0.1, -0.05) is 15.9 Å². The smallest absolute Gasteiger partial charge is 0.318 e. The molecule has 0 aliphatic heterocycles. The van der Waals surface area contributed by atoms with E-state index < -0.39 is 6.03 Å². The maximum atomic E-state index is 10.7. The van der Waals surface area contributed by atoms with E-state index in [1.807, 2.05) is 5.32 Å². The Hall–Kier alpha value is -0.580. The fraction of sp³-hybridized carbons (Fsp3) is 0.667. The van der Waals surface area contributed by atoms with E-state index in [9.17, 15) is 9.59 Å². The van der Waals surface area contributed by atoms with Crippen LogP contribution in [0.5, 0.6) is 0 Å². The van der Waals surface area contributed by atoms with Crippen LogP contribution < -0.4 is 11.1 Å². The van der Waals surface area contributed by atoms with Crippen molar-refractivity contribution in [2.75, 3.05) is 5.33 Å². The van der Waals surface area contributed by atoms with Crippen LogP contribution in [-0.4, -0.2) is 17.3 Å². The summed E-state index contributed by atoms with van der Waals surface area (Å²) in [6.45, 7) is 0. The zero-order valence-corrected chi connectivity index (χ0v) is 7.69. The molecule has 0 fully saturated rings. The third kappa shape index (κ3) is 7.32. The number of halogens is 1. The van der Waals surface area contributed by atoms with Gasteiger partial charge in [0.15, 0.2) is 0 Å². The summed E-state index contributed by atoms with van der Waals surface area (Å²) < 4.78 is 0. The van der Waals surface area contributed by atoms with Crippen LogP contribution in [0.15, 0.2) is 0 Å². The number of rotatable bonds is 4. The van der Waals surface area contributed by atoms with E-state index in [0.717, 1.165) is 18.2 Å². The number of imide groups is 1. The molecule has 0 aliphatic carbocycles. The predicted molar refractivity (Wildman–Crippen MR) is 45.4 cm³/mol. The second-order valence-corrected chi connectivity index (χ2v) is 2.85. The number of unbranched alkanes of at least 4 members (excludes halogenated alkanes) is 1. The van der Waals surface area contributed by atoms with E-state index >= 15 is 0 Å². The number of urea groups is 1. The molecule has 0 unspecified atom stereocenters. The van der Waals surface area contributed by atoms with Crippen molar-refractivity contribution in [2.45, 2.75) is 19.3 Å². The lowest BCUT2D eigenvalue weighted by atomic mass is 10.2. The Morgan fingerprint density at radius 3 is 2.45 bits per heavy atom. The SMILES string of the molecule is NC(=O)NC(=O)CCCCBr. The highest BCUT2D eigenvalue weighted by molar-refractivity contribution is 9.09. The van der Waals surface area contributed by atoms with Crippen molar-refractivity contribution in [3.05, 3.63) is 0 Å². The van der Waals surface area contributed by atoms with E-state index in [1.54, 1.807) is 0 Å². The van der Waals surface area contributed by atoms with Crippen molar-refractivity contribution in [1.82, 2.24) is 5.32 Å². The lowest BCUT2D eigenvalue weighted by molar-refractivity contribution is -0.120. The lowest BCUT2D eigenvalue weighted by Crippen LogP contribution is -2.34. The Bertz CT molecular complexity index is 150. The fourth-order valence-corrected chi connectivity index (χ4v) is 0.976. The molecule has 3 N–H and O–H groups in total. The molecular formula is C6H11BrN2O2. The minimum atomic E-state index is -0.783. The van der Waals surface area contributed by atoms with Crippen LogP contribution in [0.1, 0.15) is 19.3 Å². The van der Waals surface area contributed by atoms with Crippen LogP contribution in [0.3, 0.4) is 0 Å². The minimum absolute atomic E-state index is 0.307. The maximum Gasteiger partial charge on any atom is 0.318 e. The van der Waals surface area contributed by atoms with Gasteiger partial charge in [-0.25, -0.2) is 4.79 Å². The standard InChI is InChI=1S/C6H11BrN2O2/c7-4-2-1-3-5(10)9-6(8)11/h1-4H2,(H3,8,9,10,11). The quantitative estimate of drug-likeness (QED) is 0.545. The third-order valence-electron chi connectivity index (χ3n) is 1.05. The molecule has 0 radical (unpaired) electrons. The molecule has 0 atom stereocenters. The highest BCUT2D eigenvalue weighted by atomic mass is 79.9. The first-order valence-corrected chi connectivity index (χ1v) is 4.44.